The van der Waals surface area contributed by atoms with Gasteiger partial charge >= 0.3 is 17.9 Å². The van der Waals surface area contributed by atoms with Crippen LogP contribution in [0.3, 0.4) is 0 Å². The predicted octanol–water partition coefficient (Wildman–Crippen LogP) is 19.5. The zero-order valence-electron chi connectivity index (χ0n) is 45.5. The van der Waals surface area contributed by atoms with Crippen molar-refractivity contribution >= 4 is 17.9 Å². The molecule has 0 fully saturated rings. The number of unbranched alkanes of at least 4 members (excludes halogenated alkanes) is 24. The normalized spacial score (nSPS) is 12.9. The van der Waals surface area contributed by atoms with E-state index in [1.54, 1.807) is 0 Å². The Kier molecular flexibility index (Phi) is 54.4. The highest BCUT2D eigenvalue weighted by molar-refractivity contribution is 5.71. The van der Waals surface area contributed by atoms with E-state index in [9.17, 15) is 14.4 Å². The van der Waals surface area contributed by atoms with Crippen LogP contribution < -0.4 is 0 Å². The van der Waals surface area contributed by atoms with E-state index in [1.807, 2.05) is 6.08 Å². The fourth-order valence-electron chi connectivity index (χ4n) is 7.76. The number of hydrogen-bond acceptors (Lipinski definition) is 6. The van der Waals surface area contributed by atoms with Crippen molar-refractivity contribution in [2.75, 3.05) is 13.2 Å². The van der Waals surface area contributed by atoms with Crippen molar-refractivity contribution in [2.24, 2.45) is 0 Å². The van der Waals surface area contributed by atoms with Crippen molar-refractivity contribution in [3.05, 3.63) is 109 Å². The van der Waals surface area contributed by atoms with Gasteiger partial charge in [0.2, 0.25) is 0 Å². The van der Waals surface area contributed by atoms with Gasteiger partial charge in [-0.2, -0.15) is 0 Å². The maximum atomic E-state index is 12.9. The molecule has 1 atom stereocenters. The third-order valence-electron chi connectivity index (χ3n) is 12.1. The van der Waals surface area contributed by atoms with Gasteiger partial charge in [0.1, 0.15) is 13.2 Å². The van der Waals surface area contributed by atoms with Crippen molar-refractivity contribution in [3.8, 4) is 0 Å². The Morgan fingerprint density at radius 2 is 0.643 bits per heavy atom. The number of ether oxygens (including phenoxy) is 3. The van der Waals surface area contributed by atoms with Gasteiger partial charge in [-0.1, -0.05) is 265 Å². The molecule has 0 bridgehead atoms. The van der Waals surface area contributed by atoms with Gasteiger partial charge in [-0.25, -0.2) is 0 Å². The van der Waals surface area contributed by atoms with Gasteiger partial charge in [0.25, 0.3) is 0 Å². The van der Waals surface area contributed by atoms with Gasteiger partial charge in [0, 0.05) is 19.3 Å². The molecule has 0 radical (unpaired) electrons. The summed E-state index contributed by atoms with van der Waals surface area (Å²) in [6.45, 7) is 6.44. The van der Waals surface area contributed by atoms with Gasteiger partial charge in [-0.05, 0) is 83.5 Å². The molecular formula is C64H106O6. The molecule has 70 heavy (non-hydrogen) atoms. The van der Waals surface area contributed by atoms with Gasteiger partial charge in [0.05, 0.1) is 0 Å². The minimum atomic E-state index is -0.820. The van der Waals surface area contributed by atoms with Crippen LogP contribution in [0.1, 0.15) is 258 Å². The molecule has 1 unspecified atom stereocenters. The van der Waals surface area contributed by atoms with Crippen LogP contribution in [0.25, 0.3) is 0 Å². The summed E-state index contributed by atoms with van der Waals surface area (Å²) < 4.78 is 16.8. The van der Waals surface area contributed by atoms with Gasteiger partial charge in [0.15, 0.2) is 6.10 Å². The summed E-state index contributed by atoms with van der Waals surface area (Å²) in [6.07, 6.45) is 78.0. The number of allylic oxidation sites excluding steroid dienone is 18. The molecule has 0 aromatic carbocycles. The Balaban J connectivity index is 4.54. The molecule has 0 rings (SSSR count). The Morgan fingerprint density at radius 1 is 0.314 bits per heavy atom. The Labute approximate surface area is 431 Å². The first-order valence-corrected chi connectivity index (χ1v) is 28.9. The summed E-state index contributed by atoms with van der Waals surface area (Å²) in [5.41, 5.74) is 0. The number of hydrogen-bond donors (Lipinski definition) is 0. The van der Waals surface area contributed by atoms with Crippen LogP contribution in [-0.2, 0) is 28.6 Å². The summed E-state index contributed by atoms with van der Waals surface area (Å²) in [4.78, 5) is 38.1. The van der Waals surface area contributed by atoms with E-state index in [0.717, 1.165) is 103 Å². The summed E-state index contributed by atoms with van der Waals surface area (Å²) in [6, 6.07) is 0. The van der Waals surface area contributed by atoms with Crippen molar-refractivity contribution in [2.45, 2.75) is 264 Å². The lowest BCUT2D eigenvalue weighted by Crippen LogP contribution is -2.30. The first-order chi connectivity index (χ1) is 34.5. The van der Waals surface area contributed by atoms with E-state index in [-0.39, 0.29) is 44.0 Å². The molecule has 398 valence electrons. The van der Waals surface area contributed by atoms with Gasteiger partial charge < -0.3 is 14.2 Å². The highest BCUT2D eigenvalue weighted by atomic mass is 16.6. The standard InChI is InChI=1S/C64H106O6/c1-4-7-10-13-16-19-22-25-28-30-32-34-36-39-42-45-48-51-54-57-63(66)69-60-61(59-68-62(65)56-53-50-47-44-41-38-35-27-24-21-18-15-12-9-6-3)70-64(67)58-55-52-49-46-43-40-37-33-31-29-26-23-20-17-14-11-8-5-2/h7,10,16,19,23,25-26,28-29,31-34,37,39,42,48,51,61H,4-6,8-9,11-15,17-18,20-22,24,27,30,35-36,38,40-41,43-47,49-50,52-60H2,1-3H3/b10-7-,19-16-,26-23-,28-25-,31-29-,34-32-,37-33-,42-39-,51-48-. The zero-order valence-corrected chi connectivity index (χ0v) is 45.5. The molecule has 0 aliphatic rings. The van der Waals surface area contributed by atoms with Crippen LogP contribution in [0.4, 0.5) is 0 Å². The molecule has 0 aliphatic carbocycles. The van der Waals surface area contributed by atoms with E-state index < -0.39 is 6.10 Å². The summed E-state index contributed by atoms with van der Waals surface area (Å²) in [5.74, 6) is -1.01. The molecular weight excluding hydrogens is 865 g/mol. The number of carbonyl (C=O) groups is 3. The Hall–Kier alpha value is -3.93. The monoisotopic (exact) mass is 971 g/mol. The minimum absolute atomic E-state index is 0.109. The second-order valence-electron chi connectivity index (χ2n) is 18.9. The first-order valence-electron chi connectivity index (χ1n) is 28.9. The SMILES string of the molecule is CC/C=C\C/C=C\C/C=C\C/C=C\C/C=C\C/C=C\CCC(=O)OCC(COC(=O)CCCCCCCCCCCCCCCCC)OC(=O)CCCCCCC\C=C/C=C\C=C/CCCCCCC. The van der Waals surface area contributed by atoms with Crippen molar-refractivity contribution < 1.29 is 28.6 Å². The molecule has 0 saturated heterocycles. The average molecular weight is 972 g/mol. The maximum absolute atomic E-state index is 12.9. The molecule has 0 N–H and O–H groups in total. The van der Waals surface area contributed by atoms with E-state index >= 15 is 0 Å². The van der Waals surface area contributed by atoms with Crippen molar-refractivity contribution in [1.82, 2.24) is 0 Å². The van der Waals surface area contributed by atoms with Crippen molar-refractivity contribution in [3.63, 3.8) is 0 Å². The van der Waals surface area contributed by atoms with Gasteiger partial charge in [-0.15, -0.1) is 0 Å². The summed E-state index contributed by atoms with van der Waals surface area (Å²) in [5, 5.41) is 0. The Morgan fingerprint density at radius 3 is 1.04 bits per heavy atom. The number of esters is 3. The molecule has 0 heterocycles. The molecule has 6 heteroatoms. The van der Waals surface area contributed by atoms with Crippen LogP contribution in [0.5, 0.6) is 0 Å². The second kappa shape index (κ2) is 57.6. The van der Waals surface area contributed by atoms with Crippen LogP contribution in [-0.4, -0.2) is 37.2 Å². The first kappa shape index (κ1) is 66.1. The third-order valence-corrected chi connectivity index (χ3v) is 12.1. The zero-order chi connectivity index (χ0) is 50.7. The summed E-state index contributed by atoms with van der Waals surface area (Å²) >= 11 is 0. The topological polar surface area (TPSA) is 78.9 Å². The molecule has 0 aromatic rings. The molecule has 6 nitrogen and oxygen atoms in total. The van der Waals surface area contributed by atoms with E-state index in [0.29, 0.717) is 12.8 Å². The fraction of sp³-hybridized carbons (Fsp3) is 0.672. The molecule has 0 aliphatic heterocycles. The van der Waals surface area contributed by atoms with E-state index in [1.165, 1.54) is 109 Å². The molecule has 0 amide bonds. The fourth-order valence-corrected chi connectivity index (χ4v) is 7.76. The maximum Gasteiger partial charge on any atom is 0.306 e. The largest absolute Gasteiger partial charge is 0.462 e. The quantitative estimate of drug-likeness (QED) is 0.0199. The number of carbonyl (C=O) groups excluding carboxylic acids is 3. The minimum Gasteiger partial charge on any atom is -0.462 e. The molecule has 0 saturated carbocycles. The van der Waals surface area contributed by atoms with E-state index in [2.05, 4.69) is 124 Å². The lowest BCUT2D eigenvalue weighted by atomic mass is 10.0. The second-order valence-corrected chi connectivity index (χ2v) is 18.9. The third kappa shape index (κ3) is 55.0. The molecule has 0 aromatic heterocycles. The highest BCUT2D eigenvalue weighted by Crippen LogP contribution is 2.15. The predicted molar refractivity (Wildman–Crippen MR) is 302 cm³/mol. The number of rotatable bonds is 51. The van der Waals surface area contributed by atoms with E-state index in [4.69, 9.17) is 14.2 Å². The van der Waals surface area contributed by atoms with Gasteiger partial charge in [-0.3, -0.25) is 14.4 Å². The van der Waals surface area contributed by atoms with Crippen molar-refractivity contribution in [1.29, 1.82) is 0 Å². The van der Waals surface area contributed by atoms with Crippen LogP contribution in [0, 0.1) is 0 Å². The summed E-state index contributed by atoms with van der Waals surface area (Å²) in [7, 11) is 0. The highest BCUT2D eigenvalue weighted by Gasteiger charge is 2.19. The Bertz CT molecular complexity index is 1440. The van der Waals surface area contributed by atoms with Crippen LogP contribution >= 0.6 is 0 Å². The van der Waals surface area contributed by atoms with Crippen LogP contribution in [0.15, 0.2) is 109 Å². The smallest absolute Gasteiger partial charge is 0.306 e. The lowest BCUT2D eigenvalue weighted by Gasteiger charge is -2.18. The molecule has 0 spiro atoms. The van der Waals surface area contributed by atoms with Crippen LogP contribution in [0.2, 0.25) is 0 Å². The average Bonchev–Trinajstić information content (AvgIpc) is 3.36. The lowest BCUT2D eigenvalue weighted by molar-refractivity contribution is -0.166.